The number of rotatable bonds is 2. The van der Waals surface area contributed by atoms with Gasteiger partial charge in [0.15, 0.2) is 0 Å². The summed E-state index contributed by atoms with van der Waals surface area (Å²) in [5.41, 5.74) is 0. The van der Waals surface area contributed by atoms with Crippen LogP contribution < -0.4 is 10.6 Å². The number of allylic oxidation sites excluding steroid dienone is 2. The molecule has 4 atom stereocenters. The SMILES string of the molecule is O=C(N[C@@H]1CCNC1)C1CC2C=CC1C2. The van der Waals surface area contributed by atoms with Crippen molar-refractivity contribution in [2.45, 2.75) is 25.3 Å². The highest BCUT2D eigenvalue weighted by Crippen LogP contribution is 2.43. The molecule has 0 aromatic rings. The Morgan fingerprint density at radius 2 is 2.27 bits per heavy atom. The Morgan fingerprint density at radius 3 is 2.87 bits per heavy atom. The number of hydrogen-bond acceptors (Lipinski definition) is 2. The summed E-state index contributed by atoms with van der Waals surface area (Å²) in [7, 11) is 0. The van der Waals surface area contributed by atoms with E-state index in [9.17, 15) is 4.79 Å². The molecule has 1 aliphatic heterocycles. The maximum absolute atomic E-state index is 12.0. The van der Waals surface area contributed by atoms with Gasteiger partial charge in [-0.05, 0) is 37.6 Å². The Bertz CT molecular complexity index is 294. The van der Waals surface area contributed by atoms with Crippen molar-refractivity contribution in [3.63, 3.8) is 0 Å². The number of carbonyl (C=O) groups excluding carboxylic acids is 1. The normalized spacial score (nSPS) is 42.4. The summed E-state index contributed by atoms with van der Waals surface area (Å²) in [6, 6.07) is 0.376. The zero-order chi connectivity index (χ0) is 10.3. The van der Waals surface area contributed by atoms with Crippen LogP contribution in [0.3, 0.4) is 0 Å². The molecule has 0 radical (unpaired) electrons. The Balaban J connectivity index is 1.58. The molecule has 1 amide bonds. The number of nitrogens with one attached hydrogen (secondary N) is 2. The molecule has 0 aromatic carbocycles. The fourth-order valence-electron chi connectivity index (χ4n) is 3.17. The van der Waals surface area contributed by atoms with E-state index in [1.807, 2.05) is 0 Å². The minimum atomic E-state index is 0.264. The van der Waals surface area contributed by atoms with Crippen molar-refractivity contribution in [1.82, 2.24) is 10.6 Å². The summed E-state index contributed by atoms with van der Waals surface area (Å²) in [4.78, 5) is 12.0. The minimum absolute atomic E-state index is 0.264. The summed E-state index contributed by atoms with van der Waals surface area (Å²) in [6.07, 6.45) is 7.90. The molecule has 1 saturated heterocycles. The molecule has 3 rings (SSSR count). The van der Waals surface area contributed by atoms with E-state index in [2.05, 4.69) is 22.8 Å². The van der Waals surface area contributed by atoms with Crippen molar-refractivity contribution in [2.24, 2.45) is 17.8 Å². The van der Waals surface area contributed by atoms with Gasteiger partial charge in [0, 0.05) is 18.5 Å². The van der Waals surface area contributed by atoms with Crippen LogP contribution in [0.4, 0.5) is 0 Å². The molecule has 3 aliphatic rings. The monoisotopic (exact) mass is 206 g/mol. The zero-order valence-corrected chi connectivity index (χ0v) is 8.91. The van der Waals surface area contributed by atoms with Gasteiger partial charge < -0.3 is 10.6 Å². The predicted molar refractivity (Wildman–Crippen MR) is 58.3 cm³/mol. The van der Waals surface area contributed by atoms with Crippen molar-refractivity contribution < 1.29 is 4.79 Å². The van der Waals surface area contributed by atoms with Crippen LogP contribution in [0.25, 0.3) is 0 Å². The number of fused-ring (bicyclic) bond motifs is 2. The minimum Gasteiger partial charge on any atom is -0.352 e. The first-order valence-electron chi connectivity index (χ1n) is 6.02. The molecule has 3 unspecified atom stereocenters. The lowest BCUT2D eigenvalue weighted by Crippen LogP contribution is -2.41. The molecule has 0 spiro atoms. The van der Waals surface area contributed by atoms with Crippen LogP contribution in [-0.2, 0) is 4.79 Å². The van der Waals surface area contributed by atoms with E-state index in [4.69, 9.17) is 0 Å². The maximum Gasteiger partial charge on any atom is 0.223 e. The van der Waals surface area contributed by atoms with Gasteiger partial charge in [0.2, 0.25) is 5.91 Å². The second kappa shape index (κ2) is 3.63. The smallest absolute Gasteiger partial charge is 0.223 e. The molecule has 2 bridgehead atoms. The number of amides is 1. The molecule has 2 fully saturated rings. The van der Waals surface area contributed by atoms with Crippen molar-refractivity contribution in [3.05, 3.63) is 12.2 Å². The predicted octanol–water partition coefficient (Wildman–Crippen LogP) is 0.677. The highest BCUT2D eigenvalue weighted by Gasteiger charge is 2.40. The quantitative estimate of drug-likeness (QED) is 0.652. The van der Waals surface area contributed by atoms with Gasteiger partial charge in [0.1, 0.15) is 0 Å². The Morgan fingerprint density at radius 1 is 1.33 bits per heavy atom. The first kappa shape index (κ1) is 9.40. The average Bonchev–Trinajstić information content (AvgIpc) is 2.93. The lowest BCUT2D eigenvalue weighted by molar-refractivity contribution is -0.126. The van der Waals surface area contributed by atoms with Gasteiger partial charge in [-0.15, -0.1) is 0 Å². The fraction of sp³-hybridized carbons (Fsp3) is 0.750. The highest BCUT2D eigenvalue weighted by atomic mass is 16.2. The molecule has 2 N–H and O–H groups in total. The molecular weight excluding hydrogens is 188 g/mol. The van der Waals surface area contributed by atoms with E-state index in [1.54, 1.807) is 0 Å². The van der Waals surface area contributed by atoms with Crippen LogP contribution in [0.5, 0.6) is 0 Å². The molecule has 15 heavy (non-hydrogen) atoms. The molecule has 1 heterocycles. The van der Waals surface area contributed by atoms with Crippen molar-refractivity contribution in [3.8, 4) is 0 Å². The van der Waals surface area contributed by atoms with E-state index in [0.717, 1.165) is 25.9 Å². The molecule has 82 valence electrons. The third-order valence-corrected chi connectivity index (χ3v) is 4.02. The van der Waals surface area contributed by atoms with E-state index in [0.29, 0.717) is 23.8 Å². The molecule has 2 aliphatic carbocycles. The van der Waals surface area contributed by atoms with Crippen LogP contribution in [0, 0.1) is 17.8 Å². The standard InChI is InChI=1S/C12H18N2O/c15-12(14-10-3-4-13-7-10)11-6-8-1-2-9(11)5-8/h1-2,8-11,13H,3-7H2,(H,14,15)/t8?,9?,10-,11?/m1/s1. The summed E-state index contributed by atoms with van der Waals surface area (Å²) in [6.45, 7) is 1.99. The van der Waals surface area contributed by atoms with E-state index >= 15 is 0 Å². The average molecular weight is 206 g/mol. The van der Waals surface area contributed by atoms with Gasteiger partial charge in [-0.2, -0.15) is 0 Å². The molecular formula is C12H18N2O. The van der Waals surface area contributed by atoms with Crippen LogP contribution >= 0.6 is 0 Å². The Labute approximate surface area is 90.3 Å². The van der Waals surface area contributed by atoms with E-state index < -0.39 is 0 Å². The lowest BCUT2D eigenvalue weighted by atomic mass is 9.92. The van der Waals surface area contributed by atoms with Gasteiger partial charge >= 0.3 is 0 Å². The van der Waals surface area contributed by atoms with Crippen molar-refractivity contribution >= 4 is 5.91 Å². The summed E-state index contributed by atoms with van der Waals surface area (Å²) < 4.78 is 0. The second-order valence-corrected chi connectivity index (χ2v) is 5.09. The van der Waals surface area contributed by atoms with Crippen molar-refractivity contribution in [2.75, 3.05) is 13.1 Å². The van der Waals surface area contributed by atoms with Crippen LogP contribution in [0.15, 0.2) is 12.2 Å². The second-order valence-electron chi connectivity index (χ2n) is 5.09. The van der Waals surface area contributed by atoms with Crippen molar-refractivity contribution in [1.29, 1.82) is 0 Å². The molecule has 0 aromatic heterocycles. The van der Waals surface area contributed by atoms with E-state index in [-0.39, 0.29) is 5.92 Å². The Kier molecular flexibility index (Phi) is 2.28. The van der Waals surface area contributed by atoms with Crippen LogP contribution in [0.2, 0.25) is 0 Å². The molecule has 3 nitrogen and oxygen atoms in total. The topological polar surface area (TPSA) is 41.1 Å². The lowest BCUT2D eigenvalue weighted by Gasteiger charge is -2.20. The summed E-state index contributed by atoms with van der Waals surface area (Å²) in [5, 5.41) is 6.44. The van der Waals surface area contributed by atoms with Gasteiger partial charge in [-0.25, -0.2) is 0 Å². The fourth-order valence-corrected chi connectivity index (χ4v) is 3.17. The van der Waals surface area contributed by atoms with Gasteiger partial charge in [-0.1, -0.05) is 12.2 Å². The first-order chi connectivity index (χ1) is 7.33. The largest absolute Gasteiger partial charge is 0.352 e. The zero-order valence-electron chi connectivity index (χ0n) is 8.91. The van der Waals surface area contributed by atoms with Crippen LogP contribution in [0.1, 0.15) is 19.3 Å². The number of hydrogen-bond donors (Lipinski definition) is 2. The van der Waals surface area contributed by atoms with Gasteiger partial charge in [-0.3, -0.25) is 4.79 Å². The molecule has 1 saturated carbocycles. The Hall–Kier alpha value is -0.830. The third-order valence-electron chi connectivity index (χ3n) is 4.02. The third kappa shape index (κ3) is 1.69. The first-order valence-corrected chi connectivity index (χ1v) is 6.02. The van der Waals surface area contributed by atoms with Gasteiger partial charge in [0.05, 0.1) is 0 Å². The maximum atomic E-state index is 12.0. The van der Waals surface area contributed by atoms with Crippen LogP contribution in [-0.4, -0.2) is 25.0 Å². The van der Waals surface area contributed by atoms with E-state index in [1.165, 1.54) is 6.42 Å². The number of carbonyl (C=O) groups is 1. The summed E-state index contributed by atoms with van der Waals surface area (Å²) in [5.74, 6) is 1.78. The van der Waals surface area contributed by atoms with Gasteiger partial charge in [0.25, 0.3) is 0 Å². The summed E-state index contributed by atoms with van der Waals surface area (Å²) >= 11 is 0. The highest BCUT2D eigenvalue weighted by molar-refractivity contribution is 5.80. The molecule has 3 heteroatoms.